The summed E-state index contributed by atoms with van der Waals surface area (Å²) >= 11 is 0. The molecule has 2 rings (SSSR count). The van der Waals surface area contributed by atoms with Crippen molar-refractivity contribution in [1.29, 1.82) is 0 Å². The van der Waals surface area contributed by atoms with E-state index in [0.717, 1.165) is 5.56 Å². The third kappa shape index (κ3) is 2.99. The lowest BCUT2D eigenvalue weighted by Gasteiger charge is -2.41. The Labute approximate surface area is 118 Å². The SMILES string of the molecule is C[C@@H](N)[C@H]1C(=O)N[C@@H]1[C@@H](C)C(=O)OCc1ccccc1. The van der Waals surface area contributed by atoms with Gasteiger partial charge in [0, 0.05) is 6.04 Å². The van der Waals surface area contributed by atoms with Crippen LogP contribution in [0, 0.1) is 11.8 Å². The van der Waals surface area contributed by atoms with Gasteiger partial charge in [0.2, 0.25) is 5.91 Å². The molecule has 1 amide bonds. The van der Waals surface area contributed by atoms with E-state index in [1.54, 1.807) is 13.8 Å². The molecule has 3 N–H and O–H groups in total. The average molecular weight is 276 g/mol. The lowest BCUT2D eigenvalue weighted by atomic mass is 9.78. The summed E-state index contributed by atoms with van der Waals surface area (Å²) in [4.78, 5) is 23.5. The first-order chi connectivity index (χ1) is 9.50. The zero-order chi connectivity index (χ0) is 14.7. The molecule has 0 aromatic heterocycles. The van der Waals surface area contributed by atoms with Crippen LogP contribution in [0.1, 0.15) is 19.4 Å². The number of rotatable bonds is 5. The maximum Gasteiger partial charge on any atom is 0.311 e. The van der Waals surface area contributed by atoms with Crippen LogP contribution in [0.4, 0.5) is 0 Å². The monoisotopic (exact) mass is 276 g/mol. The van der Waals surface area contributed by atoms with Gasteiger partial charge in [0.15, 0.2) is 0 Å². The van der Waals surface area contributed by atoms with Gasteiger partial charge in [-0.1, -0.05) is 30.3 Å². The topological polar surface area (TPSA) is 81.4 Å². The zero-order valence-electron chi connectivity index (χ0n) is 11.7. The Hall–Kier alpha value is -1.88. The van der Waals surface area contributed by atoms with Gasteiger partial charge in [0.1, 0.15) is 6.61 Å². The Bertz CT molecular complexity index is 487. The standard InChI is InChI=1S/C15H20N2O3/c1-9(13-12(10(2)16)14(18)17-13)15(19)20-8-11-6-4-3-5-7-11/h3-7,9-10,12-13H,8,16H2,1-2H3,(H,17,18)/t9-,10-,12-,13-/m1/s1. The Balaban J connectivity index is 1.88. The maximum absolute atomic E-state index is 12.0. The second kappa shape index (κ2) is 6.05. The summed E-state index contributed by atoms with van der Waals surface area (Å²) < 4.78 is 5.28. The van der Waals surface area contributed by atoms with Crippen molar-refractivity contribution in [3.05, 3.63) is 35.9 Å². The van der Waals surface area contributed by atoms with E-state index in [1.165, 1.54) is 0 Å². The number of benzene rings is 1. The molecule has 1 aliphatic rings. The van der Waals surface area contributed by atoms with Crippen molar-refractivity contribution < 1.29 is 14.3 Å². The van der Waals surface area contributed by atoms with Gasteiger partial charge in [-0.05, 0) is 19.4 Å². The van der Waals surface area contributed by atoms with Gasteiger partial charge in [0.25, 0.3) is 0 Å². The van der Waals surface area contributed by atoms with Gasteiger partial charge in [0.05, 0.1) is 17.9 Å². The van der Waals surface area contributed by atoms with E-state index >= 15 is 0 Å². The van der Waals surface area contributed by atoms with E-state index in [9.17, 15) is 9.59 Å². The lowest BCUT2D eigenvalue weighted by molar-refractivity contribution is -0.155. The van der Waals surface area contributed by atoms with Crippen LogP contribution in [-0.4, -0.2) is 24.0 Å². The number of carbonyl (C=O) groups is 2. The Morgan fingerprint density at radius 3 is 2.55 bits per heavy atom. The third-order valence-corrected chi connectivity index (χ3v) is 3.70. The molecular formula is C15H20N2O3. The number of β-lactam (4-membered cyclic amide) rings is 1. The van der Waals surface area contributed by atoms with Crippen LogP contribution in [0.2, 0.25) is 0 Å². The molecule has 5 heteroatoms. The van der Waals surface area contributed by atoms with Crippen molar-refractivity contribution in [3.8, 4) is 0 Å². The van der Waals surface area contributed by atoms with Gasteiger partial charge in [-0.3, -0.25) is 9.59 Å². The molecular weight excluding hydrogens is 256 g/mol. The predicted molar refractivity (Wildman–Crippen MR) is 74.5 cm³/mol. The van der Waals surface area contributed by atoms with Crippen molar-refractivity contribution in [2.45, 2.75) is 32.5 Å². The van der Waals surface area contributed by atoms with Crippen LogP contribution in [0.25, 0.3) is 0 Å². The van der Waals surface area contributed by atoms with Crippen molar-refractivity contribution in [3.63, 3.8) is 0 Å². The molecule has 0 bridgehead atoms. The first-order valence-corrected chi connectivity index (χ1v) is 6.77. The van der Waals surface area contributed by atoms with Crippen LogP contribution >= 0.6 is 0 Å². The molecule has 5 nitrogen and oxygen atoms in total. The maximum atomic E-state index is 12.0. The Morgan fingerprint density at radius 2 is 2.00 bits per heavy atom. The van der Waals surface area contributed by atoms with Crippen molar-refractivity contribution in [1.82, 2.24) is 5.32 Å². The van der Waals surface area contributed by atoms with E-state index < -0.39 is 5.92 Å². The number of ether oxygens (including phenoxy) is 1. The molecule has 1 aromatic carbocycles. The molecule has 1 saturated heterocycles. The lowest BCUT2D eigenvalue weighted by Crippen LogP contribution is -2.66. The molecule has 0 radical (unpaired) electrons. The second-order valence-electron chi connectivity index (χ2n) is 5.30. The summed E-state index contributed by atoms with van der Waals surface area (Å²) in [7, 11) is 0. The van der Waals surface area contributed by atoms with E-state index in [0.29, 0.717) is 0 Å². The van der Waals surface area contributed by atoms with Crippen molar-refractivity contribution >= 4 is 11.9 Å². The highest BCUT2D eigenvalue weighted by Crippen LogP contribution is 2.25. The molecule has 20 heavy (non-hydrogen) atoms. The van der Waals surface area contributed by atoms with Crippen LogP contribution in [0.5, 0.6) is 0 Å². The van der Waals surface area contributed by atoms with E-state index in [4.69, 9.17) is 10.5 Å². The van der Waals surface area contributed by atoms with E-state index in [2.05, 4.69) is 5.32 Å². The number of carbonyl (C=O) groups excluding carboxylic acids is 2. The molecule has 0 unspecified atom stereocenters. The number of esters is 1. The molecule has 1 aromatic rings. The van der Waals surface area contributed by atoms with Crippen LogP contribution in [0.3, 0.4) is 0 Å². The predicted octanol–water partition coefficient (Wildman–Crippen LogP) is 0.828. The fourth-order valence-corrected chi connectivity index (χ4v) is 2.43. The normalized spacial score (nSPS) is 24.2. The van der Waals surface area contributed by atoms with Crippen LogP contribution in [-0.2, 0) is 20.9 Å². The summed E-state index contributed by atoms with van der Waals surface area (Å²) in [6.45, 7) is 3.78. The molecule has 1 fully saturated rings. The first-order valence-electron chi connectivity index (χ1n) is 6.77. The molecule has 0 aliphatic carbocycles. The van der Waals surface area contributed by atoms with E-state index in [-0.39, 0.29) is 36.5 Å². The minimum Gasteiger partial charge on any atom is -0.461 e. The molecule has 0 spiro atoms. The fourth-order valence-electron chi connectivity index (χ4n) is 2.43. The molecule has 4 atom stereocenters. The second-order valence-corrected chi connectivity index (χ2v) is 5.30. The summed E-state index contributed by atoms with van der Waals surface area (Å²) in [5.41, 5.74) is 6.71. The largest absolute Gasteiger partial charge is 0.461 e. The molecule has 1 aliphatic heterocycles. The average Bonchev–Trinajstić information content (AvgIpc) is 2.41. The number of nitrogens with one attached hydrogen (secondary N) is 1. The van der Waals surface area contributed by atoms with Crippen LogP contribution < -0.4 is 11.1 Å². The summed E-state index contributed by atoms with van der Waals surface area (Å²) in [5, 5.41) is 2.73. The highest BCUT2D eigenvalue weighted by Gasteiger charge is 2.46. The summed E-state index contributed by atoms with van der Waals surface area (Å²) in [5.74, 6) is -1.11. The highest BCUT2D eigenvalue weighted by molar-refractivity contribution is 5.89. The molecule has 1 heterocycles. The number of hydrogen-bond donors (Lipinski definition) is 2. The zero-order valence-corrected chi connectivity index (χ0v) is 11.7. The Kier molecular flexibility index (Phi) is 4.39. The highest BCUT2D eigenvalue weighted by atomic mass is 16.5. The Morgan fingerprint density at radius 1 is 1.35 bits per heavy atom. The van der Waals surface area contributed by atoms with Gasteiger partial charge >= 0.3 is 5.97 Å². The van der Waals surface area contributed by atoms with Gasteiger partial charge < -0.3 is 15.8 Å². The van der Waals surface area contributed by atoms with E-state index in [1.807, 2.05) is 30.3 Å². The smallest absolute Gasteiger partial charge is 0.311 e. The van der Waals surface area contributed by atoms with Crippen molar-refractivity contribution in [2.24, 2.45) is 17.6 Å². The van der Waals surface area contributed by atoms with Gasteiger partial charge in [-0.25, -0.2) is 0 Å². The van der Waals surface area contributed by atoms with Crippen LogP contribution in [0.15, 0.2) is 30.3 Å². The third-order valence-electron chi connectivity index (χ3n) is 3.70. The first kappa shape index (κ1) is 14.5. The number of hydrogen-bond acceptors (Lipinski definition) is 4. The summed E-state index contributed by atoms with van der Waals surface area (Å²) in [6.07, 6.45) is 0. The molecule has 108 valence electrons. The summed E-state index contributed by atoms with van der Waals surface area (Å²) in [6, 6.07) is 8.99. The minimum absolute atomic E-state index is 0.0901. The number of amides is 1. The van der Waals surface area contributed by atoms with Gasteiger partial charge in [-0.2, -0.15) is 0 Å². The van der Waals surface area contributed by atoms with Gasteiger partial charge in [-0.15, -0.1) is 0 Å². The minimum atomic E-state index is -0.396. The number of nitrogens with two attached hydrogens (primary N) is 1. The quantitative estimate of drug-likeness (QED) is 0.616. The fraction of sp³-hybridized carbons (Fsp3) is 0.467. The van der Waals surface area contributed by atoms with Crippen molar-refractivity contribution in [2.75, 3.05) is 0 Å². The molecule has 0 saturated carbocycles.